The highest BCUT2D eigenvalue weighted by molar-refractivity contribution is 5.95. The second-order valence-electron chi connectivity index (χ2n) is 5.89. The second-order valence-corrected chi connectivity index (χ2v) is 5.89. The minimum absolute atomic E-state index is 0.155. The molecule has 1 heterocycles. The number of carbonyl (C=O) groups is 1. The zero-order valence-electron chi connectivity index (χ0n) is 15.7. The van der Waals surface area contributed by atoms with Crippen molar-refractivity contribution < 1.29 is 19.4 Å². The third-order valence-electron chi connectivity index (χ3n) is 3.93. The first kappa shape index (κ1) is 19.0. The highest BCUT2D eigenvalue weighted by Gasteiger charge is 2.12. The Morgan fingerprint density at radius 1 is 0.964 bits per heavy atom. The monoisotopic (exact) mass is 380 g/mol. The predicted molar refractivity (Wildman–Crippen MR) is 106 cm³/mol. The standard InChI is InChI=1S/C20H20N4O4/c1-12-10-18(22-15-7-5-4-6-14(15)19(25)26)24-20(21-12)23-16-11-13(27-2)8-9-17(16)28-3/h4-11H,1-3H3,(H,25,26)(H2,21,22,23,24). The van der Waals surface area contributed by atoms with Crippen LogP contribution in [-0.4, -0.2) is 35.3 Å². The normalized spacial score (nSPS) is 10.2. The van der Waals surface area contributed by atoms with Crippen LogP contribution < -0.4 is 20.1 Å². The fraction of sp³-hybridized carbons (Fsp3) is 0.150. The summed E-state index contributed by atoms with van der Waals surface area (Å²) >= 11 is 0. The molecule has 3 rings (SSSR count). The second kappa shape index (κ2) is 8.26. The molecule has 3 N–H and O–H groups in total. The van der Waals surface area contributed by atoms with E-state index < -0.39 is 5.97 Å². The number of hydrogen-bond acceptors (Lipinski definition) is 7. The molecular weight excluding hydrogens is 360 g/mol. The van der Waals surface area contributed by atoms with Crippen LogP contribution >= 0.6 is 0 Å². The molecule has 3 aromatic rings. The van der Waals surface area contributed by atoms with Gasteiger partial charge in [-0.05, 0) is 31.2 Å². The molecule has 0 radical (unpaired) electrons. The third-order valence-corrected chi connectivity index (χ3v) is 3.93. The lowest BCUT2D eigenvalue weighted by atomic mass is 10.2. The number of benzene rings is 2. The first-order valence-electron chi connectivity index (χ1n) is 8.44. The molecule has 1 aromatic heterocycles. The van der Waals surface area contributed by atoms with Crippen molar-refractivity contribution in [3.63, 3.8) is 0 Å². The average Bonchev–Trinajstić information content (AvgIpc) is 2.67. The van der Waals surface area contributed by atoms with E-state index in [1.54, 1.807) is 56.7 Å². The average molecular weight is 380 g/mol. The molecule has 8 nitrogen and oxygen atoms in total. The highest BCUT2D eigenvalue weighted by Crippen LogP contribution is 2.31. The first-order chi connectivity index (χ1) is 13.5. The van der Waals surface area contributed by atoms with Crippen LogP contribution in [0.25, 0.3) is 0 Å². The SMILES string of the molecule is COc1ccc(OC)c(Nc2nc(C)cc(Nc3ccccc3C(=O)O)n2)c1. The minimum atomic E-state index is -1.02. The van der Waals surface area contributed by atoms with E-state index in [2.05, 4.69) is 20.6 Å². The summed E-state index contributed by atoms with van der Waals surface area (Å²) in [5, 5.41) is 15.5. The van der Waals surface area contributed by atoms with Crippen LogP contribution in [0.15, 0.2) is 48.5 Å². The van der Waals surface area contributed by atoms with Crippen molar-refractivity contribution in [2.75, 3.05) is 24.9 Å². The topological polar surface area (TPSA) is 106 Å². The molecule has 0 aliphatic heterocycles. The van der Waals surface area contributed by atoms with E-state index in [9.17, 15) is 9.90 Å². The summed E-state index contributed by atoms with van der Waals surface area (Å²) in [5.41, 5.74) is 1.94. The van der Waals surface area contributed by atoms with Crippen LogP contribution in [0.4, 0.5) is 23.1 Å². The molecular formula is C20H20N4O4. The zero-order valence-corrected chi connectivity index (χ0v) is 15.7. The molecule has 8 heteroatoms. The van der Waals surface area contributed by atoms with E-state index in [0.717, 1.165) is 0 Å². The summed E-state index contributed by atoms with van der Waals surface area (Å²) in [7, 11) is 3.15. The van der Waals surface area contributed by atoms with Crippen molar-refractivity contribution in [3.05, 3.63) is 59.8 Å². The van der Waals surface area contributed by atoms with E-state index in [1.807, 2.05) is 6.92 Å². The van der Waals surface area contributed by atoms with Crippen LogP contribution in [0.5, 0.6) is 11.5 Å². The van der Waals surface area contributed by atoms with Gasteiger partial charge in [0, 0.05) is 17.8 Å². The third kappa shape index (κ3) is 4.29. The van der Waals surface area contributed by atoms with Gasteiger partial charge >= 0.3 is 5.97 Å². The van der Waals surface area contributed by atoms with Crippen molar-refractivity contribution in [3.8, 4) is 11.5 Å². The van der Waals surface area contributed by atoms with Gasteiger partial charge in [-0.15, -0.1) is 0 Å². The van der Waals surface area contributed by atoms with Crippen LogP contribution in [0.2, 0.25) is 0 Å². The Hall–Kier alpha value is -3.81. The molecule has 0 amide bonds. The molecule has 0 bridgehead atoms. The summed E-state index contributed by atoms with van der Waals surface area (Å²) in [5.74, 6) is 1.04. The molecule has 0 fully saturated rings. The molecule has 0 aliphatic carbocycles. The van der Waals surface area contributed by atoms with Gasteiger partial charge in [-0.2, -0.15) is 4.98 Å². The number of methoxy groups -OCH3 is 2. The van der Waals surface area contributed by atoms with Gasteiger partial charge in [0.25, 0.3) is 0 Å². The molecule has 28 heavy (non-hydrogen) atoms. The maximum Gasteiger partial charge on any atom is 0.337 e. The Kier molecular flexibility index (Phi) is 5.59. The summed E-state index contributed by atoms with van der Waals surface area (Å²) in [4.78, 5) is 20.2. The first-order valence-corrected chi connectivity index (χ1v) is 8.44. The number of aryl methyl sites for hydroxylation is 1. The minimum Gasteiger partial charge on any atom is -0.497 e. The van der Waals surface area contributed by atoms with Crippen LogP contribution in [0.3, 0.4) is 0 Å². The fourth-order valence-corrected chi connectivity index (χ4v) is 2.64. The smallest absolute Gasteiger partial charge is 0.337 e. The number of rotatable bonds is 7. The van der Waals surface area contributed by atoms with E-state index in [-0.39, 0.29) is 5.56 Å². The number of aromatic nitrogens is 2. The van der Waals surface area contributed by atoms with Gasteiger partial charge < -0.3 is 25.2 Å². The Labute approximate surface area is 162 Å². The molecule has 0 saturated carbocycles. The molecule has 144 valence electrons. The highest BCUT2D eigenvalue weighted by atomic mass is 16.5. The van der Waals surface area contributed by atoms with Gasteiger partial charge in [0.2, 0.25) is 5.95 Å². The number of ether oxygens (including phenoxy) is 2. The van der Waals surface area contributed by atoms with Crippen molar-refractivity contribution >= 4 is 29.1 Å². The number of nitrogens with one attached hydrogen (secondary N) is 2. The van der Waals surface area contributed by atoms with Crippen molar-refractivity contribution in [2.45, 2.75) is 6.92 Å². The van der Waals surface area contributed by atoms with Gasteiger partial charge in [0.1, 0.15) is 17.3 Å². The predicted octanol–water partition coefficient (Wildman–Crippen LogP) is 3.99. The Balaban J connectivity index is 1.92. The van der Waals surface area contributed by atoms with Crippen LogP contribution in [-0.2, 0) is 0 Å². The Morgan fingerprint density at radius 3 is 2.46 bits per heavy atom. The van der Waals surface area contributed by atoms with Crippen molar-refractivity contribution in [1.82, 2.24) is 9.97 Å². The van der Waals surface area contributed by atoms with Crippen LogP contribution in [0.1, 0.15) is 16.1 Å². The van der Waals surface area contributed by atoms with Gasteiger partial charge in [-0.1, -0.05) is 12.1 Å². The number of para-hydroxylation sites is 1. The zero-order chi connectivity index (χ0) is 20.1. The lowest BCUT2D eigenvalue weighted by molar-refractivity contribution is 0.0698. The quantitative estimate of drug-likeness (QED) is 0.565. The molecule has 0 saturated heterocycles. The summed E-state index contributed by atoms with van der Waals surface area (Å²) in [6.07, 6.45) is 0. The number of nitrogens with zero attached hydrogens (tertiary/aromatic N) is 2. The number of hydrogen-bond donors (Lipinski definition) is 3. The summed E-state index contributed by atoms with van der Waals surface area (Å²) in [6, 6.07) is 13.7. The van der Waals surface area contributed by atoms with Crippen molar-refractivity contribution in [2.24, 2.45) is 0 Å². The molecule has 0 atom stereocenters. The fourth-order valence-electron chi connectivity index (χ4n) is 2.64. The Morgan fingerprint density at radius 2 is 1.75 bits per heavy atom. The van der Waals surface area contributed by atoms with E-state index in [1.165, 1.54) is 6.07 Å². The number of carboxylic acids is 1. The van der Waals surface area contributed by atoms with Gasteiger partial charge in [0.05, 0.1) is 31.2 Å². The molecule has 0 spiro atoms. The van der Waals surface area contributed by atoms with E-state index in [4.69, 9.17) is 9.47 Å². The number of anilines is 4. The maximum atomic E-state index is 11.4. The van der Waals surface area contributed by atoms with Crippen molar-refractivity contribution in [1.29, 1.82) is 0 Å². The summed E-state index contributed by atoms with van der Waals surface area (Å²) in [6.45, 7) is 1.82. The number of aromatic carboxylic acids is 1. The summed E-state index contributed by atoms with van der Waals surface area (Å²) < 4.78 is 10.6. The molecule has 0 aliphatic rings. The largest absolute Gasteiger partial charge is 0.497 e. The van der Waals surface area contributed by atoms with Crippen LogP contribution in [0, 0.1) is 6.92 Å². The Bertz CT molecular complexity index is 1010. The van der Waals surface area contributed by atoms with Gasteiger partial charge in [-0.25, -0.2) is 9.78 Å². The maximum absolute atomic E-state index is 11.4. The molecule has 0 unspecified atom stereocenters. The van der Waals surface area contributed by atoms with E-state index >= 15 is 0 Å². The lowest BCUT2D eigenvalue weighted by Crippen LogP contribution is -2.06. The van der Waals surface area contributed by atoms with Gasteiger partial charge in [-0.3, -0.25) is 0 Å². The molecule has 2 aromatic carbocycles. The lowest BCUT2D eigenvalue weighted by Gasteiger charge is -2.14. The van der Waals surface area contributed by atoms with E-state index in [0.29, 0.717) is 40.3 Å². The van der Waals surface area contributed by atoms with Gasteiger partial charge in [0.15, 0.2) is 0 Å². The number of carboxylic acid groups (broad SMARTS) is 1.